The summed E-state index contributed by atoms with van der Waals surface area (Å²) in [4.78, 5) is 16.0. The number of hydrogen-bond acceptors (Lipinski definition) is 3. The highest BCUT2D eigenvalue weighted by Gasteiger charge is 2.48. The van der Waals surface area contributed by atoms with Gasteiger partial charge < -0.3 is 5.32 Å². The standard InChI is InChI=1S/C19H23FN2OS/c1-11-14(20)5-4-13-10-15(24-16(11)13)18(23)21-17-12-6-8-22(9-7-12)19(17,2)3/h4-5,10,12,17H,6-9H2,1-3H3,(H,21,23). The van der Waals surface area contributed by atoms with Crippen LogP contribution < -0.4 is 5.32 Å². The fourth-order valence-corrected chi connectivity index (χ4v) is 5.47. The summed E-state index contributed by atoms with van der Waals surface area (Å²) in [5.74, 6) is 0.320. The number of nitrogens with zero attached hydrogens (tertiary/aromatic N) is 1. The summed E-state index contributed by atoms with van der Waals surface area (Å²) < 4.78 is 14.6. The number of carbonyl (C=O) groups excluding carboxylic acids is 1. The molecule has 5 heteroatoms. The smallest absolute Gasteiger partial charge is 0.261 e. The van der Waals surface area contributed by atoms with E-state index in [2.05, 4.69) is 24.1 Å². The Hall–Kier alpha value is -1.46. The molecule has 1 aromatic carbocycles. The second kappa shape index (κ2) is 5.53. The third kappa shape index (κ3) is 2.37. The van der Waals surface area contributed by atoms with Gasteiger partial charge in [0.1, 0.15) is 5.82 Å². The SMILES string of the molecule is Cc1c(F)ccc2cc(C(=O)NC3C4CCN(CC4)C3(C)C)sc12. The number of nitrogens with one attached hydrogen (secondary N) is 1. The molecule has 1 unspecified atom stereocenters. The highest BCUT2D eigenvalue weighted by Crippen LogP contribution is 2.39. The van der Waals surface area contributed by atoms with Crippen LogP contribution in [0.25, 0.3) is 10.1 Å². The van der Waals surface area contributed by atoms with Gasteiger partial charge in [-0.05, 0) is 70.1 Å². The van der Waals surface area contributed by atoms with Crippen LogP contribution in [0.15, 0.2) is 18.2 Å². The molecule has 0 saturated carbocycles. The van der Waals surface area contributed by atoms with Gasteiger partial charge in [-0.2, -0.15) is 0 Å². The second-order valence-electron chi connectivity index (χ2n) is 7.63. The Morgan fingerprint density at radius 2 is 2.04 bits per heavy atom. The summed E-state index contributed by atoms with van der Waals surface area (Å²) in [5.41, 5.74) is 0.620. The van der Waals surface area contributed by atoms with E-state index >= 15 is 0 Å². The topological polar surface area (TPSA) is 32.3 Å². The first-order valence-electron chi connectivity index (χ1n) is 8.62. The van der Waals surface area contributed by atoms with E-state index in [-0.39, 0.29) is 23.3 Å². The zero-order valence-electron chi connectivity index (χ0n) is 14.4. The monoisotopic (exact) mass is 346 g/mol. The van der Waals surface area contributed by atoms with Gasteiger partial charge in [-0.1, -0.05) is 6.07 Å². The number of halogens is 1. The zero-order valence-corrected chi connectivity index (χ0v) is 15.2. The predicted molar refractivity (Wildman–Crippen MR) is 96.2 cm³/mol. The average Bonchev–Trinajstić information content (AvgIpc) is 3.00. The van der Waals surface area contributed by atoms with Crippen molar-refractivity contribution in [2.75, 3.05) is 13.1 Å². The number of piperidine rings is 3. The van der Waals surface area contributed by atoms with Crippen LogP contribution in [0.5, 0.6) is 0 Å². The number of aryl methyl sites for hydroxylation is 1. The van der Waals surface area contributed by atoms with Gasteiger partial charge in [0.25, 0.3) is 5.91 Å². The van der Waals surface area contributed by atoms with E-state index in [0.717, 1.165) is 36.0 Å². The summed E-state index contributed by atoms with van der Waals surface area (Å²) in [7, 11) is 0. The Morgan fingerprint density at radius 3 is 2.71 bits per heavy atom. The number of amides is 1. The van der Waals surface area contributed by atoms with Gasteiger partial charge in [0.2, 0.25) is 0 Å². The summed E-state index contributed by atoms with van der Waals surface area (Å²) in [5, 5.41) is 4.23. The third-order valence-corrected chi connectivity index (χ3v) is 7.24. The van der Waals surface area contributed by atoms with E-state index in [9.17, 15) is 9.18 Å². The van der Waals surface area contributed by atoms with Crippen molar-refractivity contribution in [2.24, 2.45) is 5.92 Å². The first-order valence-corrected chi connectivity index (χ1v) is 9.44. The fraction of sp³-hybridized carbons (Fsp3) is 0.526. The highest BCUT2D eigenvalue weighted by atomic mass is 32.1. The Balaban J connectivity index is 1.61. The van der Waals surface area contributed by atoms with Gasteiger partial charge in [0.05, 0.1) is 4.88 Å². The van der Waals surface area contributed by atoms with Crippen molar-refractivity contribution >= 4 is 27.3 Å². The van der Waals surface area contributed by atoms with Crippen LogP contribution >= 0.6 is 11.3 Å². The van der Waals surface area contributed by atoms with Crippen LogP contribution in [0.4, 0.5) is 4.39 Å². The lowest BCUT2D eigenvalue weighted by molar-refractivity contribution is -0.0377. The number of rotatable bonds is 2. The lowest BCUT2D eigenvalue weighted by Crippen LogP contribution is -2.69. The van der Waals surface area contributed by atoms with Crippen LogP contribution in [0.1, 0.15) is 41.9 Å². The molecule has 5 rings (SSSR count). The van der Waals surface area contributed by atoms with Gasteiger partial charge in [-0.25, -0.2) is 4.39 Å². The maximum absolute atomic E-state index is 13.7. The van der Waals surface area contributed by atoms with Crippen molar-refractivity contribution in [2.45, 2.75) is 45.2 Å². The zero-order chi connectivity index (χ0) is 17.1. The minimum absolute atomic E-state index is 0.00443. The van der Waals surface area contributed by atoms with E-state index in [1.54, 1.807) is 13.0 Å². The number of thiophene rings is 1. The van der Waals surface area contributed by atoms with Crippen molar-refractivity contribution in [3.8, 4) is 0 Å². The second-order valence-corrected chi connectivity index (χ2v) is 8.68. The highest BCUT2D eigenvalue weighted by molar-refractivity contribution is 7.21. The van der Waals surface area contributed by atoms with E-state index in [1.807, 2.05) is 6.07 Å². The Morgan fingerprint density at radius 1 is 1.33 bits per heavy atom. The summed E-state index contributed by atoms with van der Waals surface area (Å²) in [6.45, 7) is 8.49. The summed E-state index contributed by atoms with van der Waals surface area (Å²) in [6, 6.07) is 5.29. The van der Waals surface area contributed by atoms with E-state index in [1.165, 1.54) is 17.4 Å². The number of hydrogen-bond donors (Lipinski definition) is 1. The molecule has 3 saturated heterocycles. The molecule has 0 radical (unpaired) electrons. The molecule has 1 aromatic heterocycles. The molecule has 2 bridgehead atoms. The molecule has 3 aliphatic heterocycles. The lowest BCUT2D eigenvalue weighted by Gasteiger charge is -2.56. The van der Waals surface area contributed by atoms with Gasteiger partial charge in [0, 0.05) is 21.8 Å². The average molecular weight is 346 g/mol. The first kappa shape index (κ1) is 16.0. The molecule has 0 aliphatic carbocycles. The van der Waals surface area contributed by atoms with Crippen LogP contribution in [-0.4, -0.2) is 35.5 Å². The summed E-state index contributed by atoms with van der Waals surface area (Å²) >= 11 is 1.39. The van der Waals surface area contributed by atoms with Gasteiger partial charge in [-0.15, -0.1) is 11.3 Å². The molecule has 1 amide bonds. The molecule has 128 valence electrons. The molecule has 2 aromatic rings. The van der Waals surface area contributed by atoms with E-state index in [0.29, 0.717) is 16.4 Å². The normalized spacial score (nSPS) is 28.2. The van der Waals surface area contributed by atoms with Crippen molar-refractivity contribution in [3.05, 3.63) is 34.5 Å². The van der Waals surface area contributed by atoms with Crippen LogP contribution in [0, 0.1) is 18.7 Å². The fourth-order valence-electron chi connectivity index (χ4n) is 4.42. The largest absolute Gasteiger partial charge is 0.346 e. The van der Waals surface area contributed by atoms with Crippen molar-refractivity contribution in [1.29, 1.82) is 0 Å². The minimum atomic E-state index is -0.213. The van der Waals surface area contributed by atoms with E-state index in [4.69, 9.17) is 0 Å². The molecule has 1 atom stereocenters. The number of benzene rings is 1. The molecule has 3 fully saturated rings. The molecule has 3 aliphatic rings. The number of fused-ring (bicyclic) bond motifs is 4. The molecular weight excluding hydrogens is 323 g/mol. The number of carbonyl (C=O) groups is 1. The minimum Gasteiger partial charge on any atom is -0.346 e. The molecule has 0 spiro atoms. The lowest BCUT2D eigenvalue weighted by atomic mass is 9.72. The third-order valence-electron chi connectivity index (χ3n) is 5.97. The van der Waals surface area contributed by atoms with Crippen LogP contribution in [-0.2, 0) is 0 Å². The molecule has 3 nitrogen and oxygen atoms in total. The molecule has 24 heavy (non-hydrogen) atoms. The van der Waals surface area contributed by atoms with Gasteiger partial charge >= 0.3 is 0 Å². The van der Waals surface area contributed by atoms with Gasteiger partial charge in [0.15, 0.2) is 0 Å². The quantitative estimate of drug-likeness (QED) is 0.893. The molecule has 1 N–H and O–H groups in total. The van der Waals surface area contributed by atoms with Crippen molar-refractivity contribution in [3.63, 3.8) is 0 Å². The Labute approximate surface area is 145 Å². The van der Waals surface area contributed by atoms with Gasteiger partial charge in [-0.3, -0.25) is 9.69 Å². The van der Waals surface area contributed by atoms with Crippen LogP contribution in [0.3, 0.4) is 0 Å². The molecule has 4 heterocycles. The first-order chi connectivity index (χ1) is 11.4. The van der Waals surface area contributed by atoms with E-state index < -0.39 is 0 Å². The van der Waals surface area contributed by atoms with Crippen LogP contribution in [0.2, 0.25) is 0 Å². The summed E-state index contributed by atoms with van der Waals surface area (Å²) in [6.07, 6.45) is 2.32. The predicted octanol–water partition coefficient (Wildman–Crippen LogP) is 3.95. The Kier molecular flexibility index (Phi) is 3.69. The maximum Gasteiger partial charge on any atom is 0.261 e. The molecular formula is C19H23FN2OS. The van der Waals surface area contributed by atoms with Crippen molar-refractivity contribution < 1.29 is 9.18 Å². The maximum atomic E-state index is 13.7. The Bertz CT molecular complexity index is 805. The van der Waals surface area contributed by atoms with Crippen molar-refractivity contribution in [1.82, 2.24) is 10.2 Å².